The lowest BCUT2D eigenvalue weighted by Crippen LogP contribution is -2.10. The number of pyridine rings is 1. The van der Waals surface area contributed by atoms with Crippen LogP contribution in [0.4, 0.5) is 11.5 Å². The van der Waals surface area contributed by atoms with Crippen LogP contribution in [0.5, 0.6) is 0 Å². The van der Waals surface area contributed by atoms with Gasteiger partial charge >= 0.3 is 0 Å². The maximum Gasteiger partial charge on any atom is 0.132 e. The molecular formula is C16H14N2. The Hall–Kier alpha value is -2.35. The number of rotatable bonds is 2. The van der Waals surface area contributed by atoms with E-state index < -0.39 is 0 Å². The second-order valence-corrected chi connectivity index (χ2v) is 4.28. The van der Waals surface area contributed by atoms with Gasteiger partial charge in [-0.1, -0.05) is 36.4 Å². The molecule has 3 aromatic rings. The maximum absolute atomic E-state index is 4.36. The van der Waals surface area contributed by atoms with Gasteiger partial charge in [-0.3, -0.25) is 0 Å². The van der Waals surface area contributed by atoms with Crippen LogP contribution < -0.4 is 4.90 Å². The smallest absolute Gasteiger partial charge is 0.132 e. The van der Waals surface area contributed by atoms with Gasteiger partial charge in [0.15, 0.2) is 0 Å². The van der Waals surface area contributed by atoms with Crippen molar-refractivity contribution in [3.63, 3.8) is 0 Å². The molecular weight excluding hydrogens is 220 g/mol. The third-order valence-corrected chi connectivity index (χ3v) is 3.11. The number of nitrogens with zero attached hydrogens (tertiary/aromatic N) is 2. The van der Waals surface area contributed by atoms with Crippen LogP contribution in [0.1, 0.15) is 0 Å². The molecule has 0 aliphatic rings. The summed E-state index contributed by atoms with van der Waals surface area (Å²) in [7, 11) is 2.03. The fraction of sp³-hybridized carbons (Fsp3) is 0.0625. The lowest BCUT2D eigenvalue weighted by molar-refractivity contribution is 1.13. The highest BCUT2D eigenvalue weighted by Gasteiger charge is 2.04. The zero-order chi connectivity index (χ0) is 12.4. The standard InChI is InChI=1S/C16H14N2/c1-18(16-8-4-5-11-17-16)15-10-9-13-6-2-3-7-14(13)12-15/h2-12H,1H3. The second kappa shape index (κ2) is 4.49. The van der Waals surface area contributed by atoms with E-state index in [-0.39, 0.29) is 0 Å². The monoisotopic (exact) mass is 234 g/mol. The van der Waals surface area contributed by atoms with E-state index in [1.807, 2.05) is 31.4 Å². The van der Waals surface area contributed by atoms with Crippen molar-refractivity contribution in [2.75, 3.05) is 11.9 Å². The Kier molecular flexibility index (Phi) is 2.69. The third-order valence-electron chi connectivity index (χ3n) is 3.11. The normalized spacial score (nSPS) is 10.5. The molecule has 2 aromatic carbocycles. The number of hydrogen-bond donors (Lipinski definition) is 0. The van der Waals surface area contributed by atoms with Crippen molar-refractivity contribution < 1.29 is 0 Å². The number of hydrogen-bond acceptors (Lipinski definition) is 2. The first kappa shape index (κ1) is 10.8. The first-order chi connectivity index (χ1) is 8.84. The summed E-state index contributed by atoms with van der Waals surface area (Å²) in [5.74, 6) is 0.952. The van der Waals surface area contributed by atoms with Crippen LogP contribution in [-0.4, -0.2) is 12.0 Å². The van der Waals surface area contributed by atoms with Crippen LogP contribution in [0.3, 0.4) is 0 Å². The minimum atomic E-state index is 0.952. The number of anilines is 2. The Balaban J connectivity index is 2.04. The van der Waals surface area contributed by atoms with E-state index in [2.05, 4.69) is 52.3 Å². The van der Waals surface area contributed by atoms with Crippen molar-refractivity contribution in [2.45, 2.75) is 0 Å². The lowest BCUT2D eigenvalue weighted by Gasteiger charge is -2.18. The van der Waals surface area contributed by atoms with E-state index in [9.17, 15) is 0 Å². The molecule has 0 aliphatic heterocycles. The molecule has 0 aliphatic carbocycles. The second-order valence-electron chi connectivity index (χ2n) is 4.28. The summed E-state index contributed by atoms with van der Waals surface area (Å²) in [6.45, 7) is 0. The van der Waals surface area contributed by atoms with E-state index in [0.717, 1.165) is 11.5 Å². The molecule has 0 radical (unpaired) electrons. The van der Waals surface area contributed by atoms with E-state index in [4.69, 9.17) is 0 Å². The molecule has 0 saturated heterocycles. The van der Waals surface area contributed by atoms with Crippen molar-refractivity contribution in [1.29, 1.82) is 0 Å². The van der Waals surface area contributed by atoms with Crippen LogP contribution in [-0.2, 0) is 0 Å². The zero-order valence-corrected chi connectivity index (χ0v) is 10.2. The van der Waals surface area contributed by atoms with Crippen LogP contribution in [0.15, 0.2) is 66.9 Å². The largest absolute Gasteiger partial charge is 0.329 e. The van der Waals surface area contributed by atoms with Crippen molar-refractivity contribution in [3.8, 4) is 0 Å². The fourth-order valence-corrected chi connectivity index (χ4v) is 2.07. The molecule has 0 saturated carbocycles. The summed E-state index contributed by atoms with van der Waals surface area (Å²) in [5.41, 5.74) is 1.15. The minimum absolute atomic E-state index is 0.952. The van der Waals surface area contributed by atoms with Crippen molar-refractivity contribution >= 4 is 22.3 Å². The molecule has 0 bridgehead atoms. The molecule has 1 heterocycles. The molecule has 3 rings (SSSR count). The van der Waals surface area contributed by atoms with Crippen LogP contribution in [0.2, 0.25) is 0 Å². The van der Waals surface area contributed by atoms with Gasteiger partial charge in [-0.25, -0.2) is 4.98 Å². The Bertz CT molecular complexity index is 662. The molecule has 0 fully saturated rings. The molecule has 88 valence electrons. The number of fused-ring (bicyclic) bond motifs is 1. The van der Waals surface area contributed by atoms with Gasteiger partial charge in [-0.15, -0.1) is 0 Å². The molecule has 0 atom stereocenters. The average molecular weight is 234 g/mol. The lowest BCUT2D eigenvalue weighted by atomic mass is 10.1. The Morgan fingerprint density at radius 2 is 1.61 bits per heavy atom. The summed E-state index contributed by atoms with van der Waals surface area (Å²) >= 11 is 0. The highest BCUT2D eigenvalue weighted by molar-refractivity contribution is 5.86. The predicted octanol–water partition coefficient (Wildman–Crippen LogP) is 4.00. The first-order valence-electron chi connectivity index (χ1n) is 5.98. The van der Waals surface area contributed by atoms with Crippen molar-refractivity contribution in [2.24, 2.45) is 0 Å². The van der Waals surface area contributed by atoms with Gasteiger partial charge in [0.25, 0.3) is 0 Å². The van der Waals surface area contributed by atoms with E-state index >= 15 is 0 Å². The van der Waals surface area contributed by atoms with Gasteiger partial charge in [0.1, 0.15) is 5.82 Å². The summed E-state index contributed by atoms with van der Waals surface area (Å²) in [5, 5.41) is 2.51. The molecule has 2 nitrogen and oxygen atoms in total. The Morgan fingerprint density at radius 3 is 2.39 bits per heavy atom. The topological polar surface area (TPSA) is 16.1 Å². The SMILES string of the molecule is CN(c1ccc2ccccc2c1)c1ccccn1. The highest BCUT2D eigenvalue weighted by Crippen LogP contribution is 2.25. The number of aromatic nitrogens is 1. The number of benzene rings is 2. The van der Waals surface area contributed by atoms with Gasteiger partial charge in [0.2, 0.25) is 0 Å². The molecule has 18 heavy (non-hydrogen) atoms. The Labute approximate surface area is 107 Å². The summed E-state index contributed by atoms with van der Waals surface area (Å²) in [6, 6.07) is 20.8. The van der Waals surface area contributed by atoms with E-state index in [0.29, 0.717) is 0 Å². The van der Waals surface area contributed by atoms with Crippen LogP contribution in [0, 0.1) is 0 Å². The molecule has 0 unspecified atom stereocenters. The maximum atomic E-state index is 4.36. The van der Waals surface area contributed by atoms with Gasteiger partial charge < -0.3 is 4.90 Å². The predicted molar refractivity (Wildman–Crippen MR) is 76.2 cm³/mol. The first-order valence-corrected chi connectivity index (χ1v) is 5.98. The van der Waals surface area contributed by atoms with Crippen molar-refractivity contribution in [1.82, 2.24) is 4.98 Å². The van der Waals surface area contributed by atoms with Crippen molar-refractivity contribution in [3.05, 3.63) is 66.9 Å². The summed E-state index contributed by atoms with van der Waals surface area (Å²) in [6.07, 6.45) is 1.81. The molecule has 0 spiro atoms. The molecule has 2 heteroatoms. The van der Waals surface area contributed by atoms with Crippen LogP contribution in [0.25, 0.3) is 10.8 Å². The van der Waals surface area contributed by atoms with Gasteiger partial charge in [-0.05, 0) is 35.0 Å². The average Bonchev–Trinajstić information content (AvgIpc) is 2.47. The van der Waals surface area contributed by atoms with Gasteiger partial charge in [-0.2, -0.15) is 0 Å². The molecule has 0 amide bonds. The van der Waals surface area contributed by atoms with E-state index in [1.54, 1.807) is 0 Å². The minimum Gasteiger partial charge on any atom is -0.329 e. The van der Waals surface area contributed by atoms with Gasteiger partial charge in [0.05, 0.1) is 0 Å². The third kappa shape index (κ3) is 1.93. The van der Waals surface area contributed by atoms with Gasteiger partial charge in [0, 0.05) is 18.9 Å². The van der Waals surface area contributed by atoms with Crippen LogP contribution >= 0.6 is 0 Å². The zero-order valence-electron chi connectivity index (χ0n) is 10.2. The molecule has 0 N–H and O–H groups in total. The molecule has 1 aromatic heterocycles. The Morgan fingerprint density at radius 1 is 0.833 bits per heavy atom. The highest BCUT2D eigenvalue weighted by atomic mass is 15.2. The van der Waals surface area contributed by atoms with E-state index in [1.165, 1.54) is 10.8 Å². The summed E-state index contributed by atoms with van der Waals surface area (Å²) < 4.78 is 0. The summed E-state index contributed by atoms with van der Waals surface area (Å²) in [4.78, 5) is 6.45. The quantitative estimate of drug-likeness (QED) is 0.666. The fourth-order valence-electron chi connectivity index (χ4n) is 2.07.